The van der Waals surface area contributed by atoms with Gasteiger partial charge in [-0.25, -0.2) is 8.42 Å². The number of hydrogen-bond donors (Lipinski definition) is 3. The van der Waals surface area contributed by atoms with Crippen LogP contribution in [0.3, 0.4) is 0 Å². The largest absolute Gasteiger partial charge is 0.497 e. The molecule has 2 unspecified atom stereocenters. The van der Waals surface area contributed by atoms with Crippen molar-refractivity contribution in [3.05, 3.63) is 53.1 Å². The predicted molar refractivity (Wildman–Crippen MR) is 123 cm³/mol. The Kier molecular flexibility index (Phi) is 7.65. The third-order valence-corrected chi connectivity index (χ3v) is 8.17. The number of nitrogens with one attached hydrogen (secondary N) is 3. The molecule has 0 bridgehead atoms. The molecule has 2 aromatic rings. The molecule has 0 aromatic heterocycles. The number of anilines is 2. The van der Waals surface area contributed by atoms with Crippen LogP contribution in [0.4, 0.5) is 24.5 Å². The van der Waals surface area contributed by atoms with Crippen molar-refractivity contribution in [2.45, 2.75) is 37.4 Å². The maximum absolute atomic E-state index is 13.6. The molecule has 1 aliphatic rings. The van der Waals surface area contributed by atoms with E-state index >= 15 is 0 Å². The lowest BCUT2D eigenvalue weighted by Gasteiger charge is -2.30. The number of amides is 1. The molecule has 34 heavy (non-hydrogen) atoms. The van der Waals surface area contributed by atoms with Crippen LogP contribution in [0.2, 0.25) is 5.02 Å². The van der Waals surface area contributed by atoms with Crippen molar-refractivity contribution >= 4 is 38.9 Å². The lowest BCUT2D eigenvalue weighted by atomic mass is 10.2. The molecule has 2 aromatic carbocycles. The van der Waals surface area contributed by atoms with Gasteiger partial charge in [0, 0.05) is 17.8 Å². The van der Waals surface area contributed by atoms with Crippen molar-refractivity contribution < 1.29 is 31.1 Å². The maximum atomic E-state index is 13.6. The predicted octanol–water partition coefficient (Wildman–Crippen LogP) is 3.40. The SMILES string of the molecule is COc1ccc(N(CC(=O)Nc2ccc(Cl)c(C(F)(F)F)c2)S(=O)(=O)C2C(C)NNC2C)cc1. The normalized spacial score (nSPS) is 20.7. The first-order valence-corrected chi connectivity index (χ1v) is 12.1. The maximum Gasteiger partial charge on any atom is 0.417 e. The number of carbonyl (C=O) groups excluding carboxylic acids is 1. The van der Waals surface area contributed by atoms with E-state index in [4.69, 9.17) is 16.3 Å². The van der Waals surface area contributed by atoms with E-state index in [1.54, 1.807) is 26.0 Å². The molecular weight excluding hydrogens is 497 g/mol. The van der Waals surface area contributed by atoms with Gasteiger partial charge in [-0.1, -0.05) is 11.6 Å². The van der Waals surface area contributed by atoms with Crippen LogP contribution in [0.5, 0.6) is 5.75 Å². The van der Waals surface area contributed by atoms with Crippen LogP contribution in [0.1, 0.15) is 19.4 Å². The Hall–Kier alpha value is -2.54. The van der Waals surface area contributed by atoms with Crippen LogP contribution in [0.25, 0.3) is 0 Å². The molecule has 1 saturated heterocycles. The Bertz CT molecular complexity index is 1140. The average molecular weight is 521 g/mol. The van der Waals surface area contributed by atoms with E-state index in [1.165, 1.54) is 25.3 Å². The molecule has 8 nitrogen and oxygen atoms in total. The minimum atomic E-state index is -4.72. The number of benzene rings is 2. The number of ether oxygens (including phenoxy) is 1. The van der Waals surface area contributed by atoms with Gasteiger partial charge < -0.3 is 10.1 Å². The molecule has 0 saturated carbocycles. The molecule has 0 radical (unpaired) electrons. The van der Waals surface area contributed by atoms with Crippen LogP contribution in [-0.4, -0.2) is 45.3 Å². The number of sulfonamides is 1. The Morgan fingerprint density at radius 3 is 2.24 bits per heavy atom. The molecule has 1 fully saturated rings. The van der Waals surface area contributed by atoms with Gasteiger partial charge >= 0.3 is 6.18 Å². The van der Waals surface area contributed by atoms with Gasteiger partial charge in [0.05, 0.1) is 23.4 Å². The summed E-state index contributed by atoms with van der Waals surface area (Å²) in [6.07, 6.45) is -4.72. The molecule has 13 heteroatoms. The van der Waals surface area contributed by atoms with Crippen molar-refractivity contribution in [2.75, 3.05) is 23.3 Å². The molecule has 0 spiro atoms. The Balaban J connectivity index is 1.92. The molecule has 3 N–H and O–H groups in total. The zero-order valence-electron chi connectivity index (χ0n) is 18.5. The van der Waals surface area contributed by atoms with Gasteiger partial charge in [0.25, 0.3) is 0 Å². The number of methoxy groups -OCH3 is 1. The summed E-state index contributed by atoms with van der Waals surface area (Å²) in [5.74, 6) is -0.341. The van der Waals surface area contributed by atoms with Crippen molar-refractivity contribution in [3.8, 4) is 5.75 Å². The number of alkyl halides is 3. The van der Waals surface area contributed by atoms with Crippen molar-refractivity contribution in [1.82, 2.24) is 10.9 Å². The van der Waals surface area contributed by atoms with Gasteiger partial charge in [0.2, 0.25) is 15.9 Å². The minimum absolute atomic E-state index is 0.167. The van der Waals surface area contributed by atoms with Gasteiger partial charge in [0.15, 0.2) is 0 Å². The molecule has 0 aliphatic carbocycles. The molecule has 3 rings (SSSR count). The van der Waals surface area contributed by atoms with Crippen molar-refractivity contribution in [2.24, 2.45) is 0 Å². The van der Waals surface area contributed by atoms with Gasteiger partial charge in [-0.05, 0) is 56.3 Å². The highest BCUT2D eigenvalue weighted by molar-refractivity contribution is 7.93. The number of hydrogen-bond acceptors (Lipinski definition) is 6. The molecule has 1 heterocycles. The van der Waals surface area contributed by atoms with Crippen molar-refractivity contribution in [1.29, 1.82) is 0 Å². The van der Waals surface area contributed by atoms with E-state index in [1.807, 2.05) is 0 Å². The van der Waals surface area contributed by atoms with Crippen LogP contribution in [0, 0.1) is 0 Å². The Morgan fingerprint density at radius 1 is 1.12 bits per heavy atom. The highest BCUT2D eigenvalue weighted by Gasteiger charge is 2.44. The van der Waals surface area contributed by atoms with Crippen molar-refractivity contribution in [3.63, 3.8) is 0 Å². The van der Waals surface area contributed by atoms with Gasteiger partial charge in [0.1, 0.15) is 17.5 Å². The summed E-state index contributed by atoms with van der Waals surface area (Å²) in [7, 11) is -2.64. The molecular formula is C21H24ClF3N4O4S. The fourth-order valence-corrected chi connectivity index (χ4v) is 6.15. The van der Waals surface area contributed by atoms with E-state index in [0.717, 1.165) is 10.4 Å². The molecule has 186 valence electrons. The molecule has 2 atom stereocenters. The highest BCUT2D eigenvalue weighted by Crippen LogP contribution is 2.36. The van der Waals surface area contributed by atoms with Crippen LogP contribution in [-0.2, 0) is 21.0 Å². The summed E-state index contributed by atoms with van der Waals surface area (Å²) in [4.78, 5) is 12.8. The third-order valence-electron chi connectivity index (χ3n) is 5.38. The highest BCUT2D eigenvalue weighted by atomic mass is 35.5. The van der Waals surface area contributed by atoms with E-state index < -0.39 is 56.6 Å². The summed E-state index contributed by atoms with van der Waals surface area (Å²) >= 11 is 5.62. The smallest absolute Gasteiger partial charge is 0.417 e. The second-order valence-corrected chi connectivity index (χ2v) is 10.2. The Morgan fingerprint density at radius 2 is 1.71 bits per heavy atom. The topological polar surface area (TPSA) is 99.8 Å². The summed E-state index contributed by atoms with van der Waals surface area (Å²) in [6.45, 7) is 2.73. The standard InChI is InChI=1S/C21H24ClF3N4O4S/c1-12-20(13(2)28-27-12)34(31,32)29(15-5-7-16(33-3)8-6-15)11-19(30)26-14-4-9-18(22)17(10-14)21(23,24)25/h4-10,12-13,20,27-28H,11H2,1-3H3,(H,26,30). The van der Waals surface area contributed by atoms with E-state index in [0.29, 0.717) is 11.8 Å². The van der Waals surface area contributed by atoms with Gasteiger partial charge in [-0.2, -0.15) is 13.2 Å². The molecule has 1 aliphatic heterocycles. The summed E-state index contributed by atoms with van der Waals surface area (Å²) in [5, 5.41) is 0.906. The van der Waals surface area contributed by atoms with E-state index in [-0.39, 0.29) is 11.4 Å². The monoisotopic (exact) mass is 520 g/mol. The van der Waals surface area contributed by atoms with Gasteiger partial charge in [-0.3, -0.25) is 20.0 Å². The Labute approximate surface area is 200 Å². The average Bonchev–Trinajstić information content (AvgIpc) is 3.11. The lowest BCUT2D eigenvalue weighted by Crippen LogP contribution is -2.49. The number of hydrazine groups is 1. The zero-order chi connectivity index (χ0) is 25.3. The third kappa shape index (κ3) is 5.57. The van der Waals surface area contributed by atoms with E-state index in [2.05, 4.69) is 16.2 Å². The second kappa shape index (κ2) is 9.98. The first-order chi connectivity index (χ1) is 15.8. The van der Waals surface area contributed by atoms with Crippen LogP contribution in [0.15, 0.2) is 42.5 Å². The fourth-order valence-electron chi connectivity index (χ4n) is 3.75. The first kappa shape index (κ1) is 26.1. The zero-order valence-corrected chi connectivity index (χ0v) is 20.1. The minimum Gasteiger partial charge on any atom is -0.497 e. The first-order valence-electron chi connectivity index (χ1n) is 10.2. The fraction of sp³-hybridized carbons (Fsp3) is 0.381. The number of nitrogens with zero attached hydrogens (tertiary/aromatic N) is 1. The lowest BCUT2D eigenvalue weighted by molar-refractivity contribution is -0.137. The van der Waals surface area contributed by atoms with Gasteiger partial charge in [-0.15, -0.1) is 0 Å². The number of carbonyl (C=O) groups is 1. The number of rotatable bonds is 7. The van der Waals surface area contributed by atoms with Crippen LogP contribution >= 0.6 is 11.6 Å². The summed E-state index contributed by atoms with van der Waals surface area (Å²) in [5.41, 5.74) is 4.67. The quantitative estimate of drug-likeness (QED) is 0.517. The van der Waals surface area contributed by atoms with Crippen LogP contribution < -0.4 is 25.2 Å². The van der Waals surface area contributed by atoms with E-state index in [9.17, 15) is 26.4 Å². The number of halogens is 4. The summed E-state index contributed by atoms with van der Waals surface area (Å²) in [6, 6.07) is 8.04. The summed E-state index contributed by atoms with van der Waals surface area (Å²) < 4.78 is 72.7. The molecule has 1 amide bonds. The second-order valence-electron chi connectivity index (χ2n) is 7.82.